The van der Waals surface area contributed by atoms with Gasteiger partial charge in [0.05, 0.1) is 41.1 Å². The molecule has 212 valence electrons. The Morgan fingerprint density at radius 2 is 1.77 bits per heavy atom. The molecule has 4 N–H and O–H groups in total. The summed E-state index contributed by atoms with van der Waals surface area (Å²) in [5.74, 6) is 1.56. The summed E-state index contributed by atoms with van der Waals surface area (Å²) >= 11 is 0. The average molecular weight is 567 g/mol. The van der Waals surface area contributed by atoms with Crippen LogP contribution in [0.4, 0.5) is 17.3 Å². The molecule has 3 aliphatic rings. The van der Waals surface area contributed by atoms with Crippen molar-refractivity contribution in [1.29, 1.82) is 0 Å². The molecule has 0 bridgehead atoms. The first kappa shape index (κ1) is 26.8. The molecule has 0 aliphatic heterocycles. The van der Waals surface area contributed by atoms with E-state index in [0.29, 0.717) is 54.0 Å². The second-order valence-corrected chi connectivity index (χ2v) is 12.9. The minimum atomic E-state index is -3.47. The lowest BCUT2D eigenvalue weighted by Gasteiger charge is -2.31. The Labute approximate surface area is 233 Å². The summed E-state index contributed by atoms with van der Waals surface area (Å²) < 4.78 is 26.0. The number of hydrogen-bond acceptors (Lipinski definition) is 11. The van der Waals surface area contributed by atoms with Gasteiger partial charge in [-0.2, -0.15) is 9.19 Å². The molecule has 3 heterocycles. The molecular formula is C27H34N8O4S. The fourth-order valence-electron chi connectivity index (χ4n) is 5.11. The molecule has 3 aromatic rings. The minimum Gasteiger partial charge on any atom is -0.395 e. The van der Waals surface area contributed by atoms with Crippen LogP contribution in [0.5, 0.6) is 0 Å². The standard InChI is InChI=1S/C27H34N8O4S/c36-12-11-28-19-3-5-20(6-4-19)32-23-13-25(30-15-22(23)26(37)17-1-2-17)33-24-9-10-29-27(34-24)18-14-31-35(16-18)40(38,39)21-7-8-21/h9-10,13-17,19-21,28,36H,1-8,11-12H2,(H2,29,30,32,33,34). The Balaban J connectivity index is 1.18. The fourth-order valence-corrected chi connectivity index (χ4v) is 6.59. The van der Waals surface area contributed by atoms with Crippen LogP contribution in [0, 0.1) is 5.92 Å². The zero-order chi connectivity index (χ0) is 27.7. The van der Waals surface area contributed by atoms with Crippen molar-refractivity contribution in [3.8, 4) is 11.4 Å². The van der Waals surface area contributed by atoms with Crippen LogP contribution in [-0.2, 0) is 10.0 Å². The first-order valence-electron chi connectivity index (χ1n) is 14.0. The van der Waals surface area contributed by atoms with E-state index in [2.05, 4.69) is 36.0 Å². The van der Waals surface area contributed by atoms with Gasteiger partial charge < -0.3 is 21.1 Å². The number of Topliss-reactive ketones (excluding diaryl/α,β-unsaturated/α-hetero) is 1. The molecule has 0 radical (unpaired) electrons. The lowest BCUT2D eigenvalue weighted by molar-refractivity contribution is 0.0968. The van der Waals surface area contributed by atoms with Crippen molar-refractivity contribution in [1.82, 2.24) is 29.5 Å². The molecule has 0 unspecified atom stereocenters. The van der Waals surface area contributed by atoms with E-state index in [9.17, 15) is 13.2 Å². The molecule has 3 fully saturated rings. The number of aromatic nitrogens is 5. The molecule has 0 saturated heterocycles. The molecule has 3 aromatic heterocycles. The number of carbonyl (C=O) groups excluding carboxylic acids is 1. The highest BCUT2D eigenvalue weighted by molar-refractivity contribution is 7.90. The third kappa shape index (κ3) is 6.01. The molecule has 3 aliphatic carbocycles. The van der Waals surface area contributed by atoms with Gasteiger partial charge in [0.15, 0.2) is 11.6 Å². The predicted octanol–water partition coefficient (Wildman–Crippen LogP) is 2.72. The van der Waals surface area contributed by atoms with Gasteiger partial charge in [0.2, 0.25) is 0 Å². The van der Waals surface area contributed by atoms with Gasteiger partial charge in [0.1, 0.15) is 11.6 Å². The Kier molecular flexibility index (Phi) is 7.51. The molecular weight excluding hydrogens is 532 g/mol. The maximum atomic E-state index is 13.0. The molecule has 0 aromatic carbocycles. The normalized spacial score (nSPS) is 21.2. The number of rotatable bonds is 12. The predicted molar refractivity (Wildman–Crippen MR) is 150 cm³/mol. The van der Waals surface area contributed by atoms with Crippen molar-refractivity contribution in [3.63, 3.8) is 0 Å². The van der Waals surface area contributed by atoms with Gasteiger partial charge in [-0.05, 0) is 57.4 Å². The maximum Gasteiger partial charge on any atom is 0.256 e. The van der Waals surface area contributed by atoms with Crippen LogP contribution in [0.2, 0.25) is 0 Å². The topological polar surface area (TPSA) is 164 Å². The van der Waals surface area contributed by atoms with Crippen LogP contribution >= 0.6 is 0 Å². The summed E-state index contributed by atoms with van der Waals surface area (Å²) in [7, 11) is -3.47. The number of hydrogen-bond donors (Lipinski definition) is 4. The van der Waals surface area contributed by atoms with Gasteiger partial charge in [-0.3, -0.25) is 4.79 Å². The Hall–Kier alpha value is -3.42. The third-order valence-electron chi connectivity index (χ3n) is 7.69. The van der Waals surface area contributed by atoms with Crippen molar-refractivity contribution in [3.05, 3.63) is 42.5 Å². The van der Waals surface area contributed by atoms with E-state index >= 15 is 0 Å². The molecule has 0 spiro atoms. The molecule has 13 heteroatoms. The largest absolute Gasteiger partial charge is 0.395 e. The number of aliphatic hydroxyl groups is 1. The van der Waals surface area contributed by atoms with E-state index in [-0.39, 0.29) is 29.6 Å². The van der Waals surface area contributed by atoms with Gasteiger partial charge >= 0.3 is 0 Å². The number of pyridine rings is 1. The summed E-state index contributed by atoms with van der Waals surface area (Å²) in [6, 6.07) is 4.20. The zero-order valence-corrected chi connectivity index (χ0v) is 23.0. The molecule has 12 nitrogen and oxygen atoms in total. The number of ketones is 1. The quantitative estimate of drug-likeness (QED) is 0.238. The van der Waals surface area contributed by atoms with Gasteiger partial charge in [-0.25, -0.2) is 23.4 Å². The lowest BCUT2D eigenvalue weighted by Crippen LogP contribution is -2.38. The monoisotopic (exact) mass is 566 g/mol. The van der Waals surface area contributed by atoms with Crippen molar-refractivity contribution < 1.29 is 18.3 Å². The first-order valence-corrected chi connectivity index (χ1v) is 15.5. The summed E-state index contributed by atoms with van der Waals surface area (Å²) in [5, 5.41) is 22.9. The van der Waals surface area contributed by atoms with E-state index < -0.39 is 10.0 Å². The summed E-state index contributed by atoms with van der Waals surface area (Å²) in [6.45, 7) is 0.742. The van der Waals surface area contributed by atoms with Crippen molar-refractivity contribution in [2.24, 2.45) is 5.92 Å². The first-order chi connectivity index (χ1) is 19.4. The second-order valence-electron chi connectivity index (χ2n) is 10.9. The Morgan fingerprint density at radius 3 is 2.50 bits per heavy atom. The van der Waals surface area contributed by atoms with Gasteiger partial charge in [-0.15, -0.1) is 0 Å². The van der Waals surface area contributed by atoms with E-state index in [0.717, 1.165) is 48.3 Å². The number of nitrogens with zero attached hydrogens (tertiary/aromatic N) is 5. The van der Waals surface area contributed by atoms with Crippen LogP contribution in [0.15, 0.2) is 36.9 Å². The van der Waals surface area contributed by atoms with Gasteiger partial charge in [-0.1, -0.05) is 0 Å². The van der Waals surface area contributed by atoms with Gasteiger partial charge in [0.25, 0.3) is 10.0 Å². The van der Waals surface area contributed by atoms with Crippen molar-refractivity contribution in [2.45, 2.75) is 68.7 Å². The molecule has 40 heavy (non-hydrogen) atoms. The highest BCUT2D eigenvalue weighted by Crippen LogP contribution is 2.36. The third-order valence-corrected chi connectivity index (χ3v) is 9.72. The highest BCUT2D eigenvalue weighted by Gasteiger charge is 2.38. The number of aliphatic hydroxyl groups excluding tert-OH is 1. The Morgan fingerprint density at radius 1 is 1.00 bits per heavy atom. The van der Waals surface area contributed by atoms with Gasteiger partial charge in [0, 0.05) is 43.0 Å². The Bertz CT molecular complexity index is 1480. The summed E-state index contributed by atoms with van der Waals surface area (Å²) in [4.78, 5) is 26.4. The summed E-state index contributed by atoms with van der Waals surface area (Å²) in [6.07, 6.45) is 13.2. The smallest absolute Gasteiger partial charge is 0.256 e. The van der Waals surface area contributed by atoms with E-state index in [1.807, 2.05) is 6.07 Å². The molecule has 0 amide bonds. The zero-order valence-electron chi connectivity index (χ0n) is 22.2. The van der Waals surface area contributed by atoms with E-state index in [1.165, 1.54) is 12.4 Å². The second kappa shape index (κ2) is 11.2. The van der Waals surface area contributed by atoms with Crippen LogP contribution in [-0.4, -0.2) is 73.9 Å². The number of carbonyl (C=O) groups is 1. The van der Waals surface area contributed by atoms with Crippen LogP contribution < -0.4 is 16.0 Å². The van der Waals surface area contributed by atoms with E-state index in [4.69, 9.17) is 5.11 Å². The van der Waals surface area contributed by atoms with Crippen LogP contribution in [0.1, 0.15) is 61.7 Å². The molecule has 3 saturated carbocycles. The van der Waals surface area contributed by atoms with Crippen LogP contribution in [0.25, 0.3) is 11.4 Å². The van der Waals surface area contributed by atoms with E-state index in [1.54, 1.807) is 18.5 Å². The van der Waals surface area contributed by atoms with Crippen molar-refractivity contribution in [2.75, 3.05) is 23.8 Å². The maximum absolute atomic E-state index is 13.0. The lowest BCUT2D eigenvalue weighted by atomic mass is 9.90. The SMILES string of the molecule is O=C(c1cnc(Nc2ccnc(-c3cnn(S(=O)(=O)C4CC4)c3)n2)cc1NC1CCC(NCCO)CC1)C1CC1. The molecule has 6 rings (SSSR count). The minimum absolute atomic E-state index is 0.0774. The number of nitrogens with one attached hydrogen (secondary N) is 3. The number of anilines is 3. The van der Waals surface area contributed by atoms with Crippen molar-refractivity contribution >= 4 is 33.1 Å². The molecule has 0 atom stereocenters. The summed E-state index contributed by atoms with van der Waals surface area (Å²) in [5.41, 5.74) is 1.88. The average Bonchev–Trinajstić information content (AvgIpc) is 3.90. The van der Waals surface area contributed by atoms with Crippen LogP contribution in [0.3, 0.4) is 0 Å². The highest BCUT2D eigenvalue weighted by atomic mass is 32.2. The fraction of sp³-hybridized carbons (Fsp3) is 0.519.